The number of nitrogens with one attached hydrogen (secondary N) is 1. The van der Waals surface area contributed by atoms with Gasteiger partial charge < -0.3 is 14.8 Å². The summed E-state index contributed by atoms with van der Waals surface area (Å²) in [6.07, 6.45) is 1.09. The molecule has 0 aliphatic heterocycles. The van der Waals surface area contributed by atoms with Gasteiger partial charge in [0, 0.05) is 12.1 Å². The Bertz CT molecular complexity index is 497. The summed E-state index contributed by atoms with van der Waals surface area (Å²) >= 11 is 6.29. The summed E-state index contributed by atoms with van der Waals surface area (Å²) in [4.78, 5) is 0. The molecule has 0 spiro atoms. The maximum absolute atomic E-state index is 6.29. The third kappa shape index (κ3) is 7.65. The Morgan fingerprint density at radius 3 is 2.22 bits per heavy atom. The van der Waals surface area contributed by atoms with Crippen LogP contribution in [0.4, 0.5) is 0 Å². The Morgan fingerprint density at radius 2 is 1.74 bits per heavy atom. The fraction of sp³-hybridized carbons (Fsp3) is 0.667. The van der Waals surface area contributed by atoms with Gasteiger partial charge in [0.05, 0.1) is 18.7 Å². The minimum absolute atomic E-state index is 0. The van der Waals surface area contributed by atoms with E-state index < -0.39 is 0 Å². The Labute approximate surface area is 152 Å². The quantitative estimate of drug-likeness (QED) is 0.696. The normalized spacial score (nSPS) is 11.8. The standard InChI is InChI=1S/C18H30ClNO2.ClH/c1-8-22-15-10-13(9-14(19)16(15)21-7)11-20-18(5,6)12-17(2,3)4;/h9-10,20H,8,11-12H2,1-7H3;1H. The van der Waals surface area contributed by atoms with Crippen LogP contribution < -0.4 is 14.8 Å². The van der Waals surface area contributed by atoms with Gasteiger partial charge in [-0.15, -0.1) is 12.4 Å². The molecule has 0 unspecified atom stereocenters. The van der Waals surface area contributed by atoms with Gasteiger partial charge in [0.2, 0.25) is 0 Å². The maximum Gasteiger partial charge on any atom is 0.179 e. The van der Waals surface area contributed by atoms with Crippen LogP contribution in [-0.4, -0.2) is 19.3 Å². The van der Waals surface area contributed by atoms with Gasteiger partial charge in [-0.25, -0.2) is 0 Å². The molecular weight excluding hydrogens is 333 g/mol. The summed E-state index contributed by atoms with van der Waals surface area (Å²) in [6, 6.07) is 3.93. The SMILES string of the molecule is CCOc1cc(CNC(C)(C)CC(C)(C)C)cc(Cl)c1OC.Cl. The summed E-state index contributed by atoms with van der Waals surface area (Å²) < 4.78 is 10.9. The van der Waals surface area contributed by atoms with Gasteiger partial charge in [0.1, 0.15) is 0 Å². The van der Waals surface area contributed by atoms with Crippen molar-refractivity contribution in [1.29, 1.82) is 0 Å². The molecule has 134 valence electrons. The number of ether oxygens (including phenoxy) is 2. The minimum atomic E-state index is 0. The molecule has 0 heterocycles. The number of benzene rings is 1. The van der Waals surface area contributed by atoms with E-state index >= 15 is 0 Å². The fourth-order valence-electron chi connectivity index (χ4n) is 2.91. The second-order valence-electron chi connectivity index (χ2n) is 7.52. The molecule has 0 radical (unpaired) electrons. The molecule has 0 aliphatic rings. The van der Waals surface area contributed by atoms with E-state index in [0.29, 0.717) is 23.1 Å². The van der Waals surface area contributed by atoms with Crippen molar-refractivity contribution in [1.82, 2.24) is 5.32 Å². The predicted molar refractivity (Wildman–Crippen MR) is 101 cm³/mol. The zero-order valence-corrected chi connectivity index (χ0v) is 17.0. The van der Waals surface area contributed by atoms with Gasteiger partial charge in [-0.05, 0) is 50.3 Å². The third-order valence-electron chi connectivity index (χ3n) is 3.32. The molecule has 0 atom stereocenters. The highest BCUT2D eigenvalue weighted by Gasteiger charge is 2.25. The molecule has 0 bridgehead atoms. The van der Waals surface area contributed by atoms with Crippen molar-refractivity contribution in [3.63, 3.8) is 0 Å². The lowest BCUT2D eigenvalue weighted by Crippen LogP contribution is -2.41. The second-order valence-corrected chi connectivity index (χ2v) is 7.92. The average Bonchev–Trinajstić information content (AvgIpc) is 2.34. The molecule has 23 heavy (non-hydrogen) atoms. The third-order valence-corrected chi connectivity index (χ3v) is 3.60. The average molecular weight is 364 g/mol. The molecule has 0 aliphatic carbocycles. The number of hydrogen-bond acceptors (Lipinski definition) is 3. The van der Waals surface area contributed by atoms with Crippen LogP contribution in [0.1, 0.15) is 53.5 Å². The molecule has 3 nitrogen and oxygen atoms in total. The highest BCUT2D eigenvalue weighted by atomic mass is 35.5. The topological polar surface area (TPSA) is 30.5 Å². The Balaban J connectivity index is 0.00000484. The first-order valence-corrected chi connectivity index (χ1v) is 8.20. The Hall–Kier alpha value is -0.640. The zero-order chi connectivity index (χ0) is 17.0. The van der Waals surface area contributed by atoms with E-state index in [1.807, 2.05) is 19.1 Å². The summed E-state index contributed by atoms with van der Waals surface area (Å²) in [5, 5.41) is 4.19. The molecule has 1 aromatic carbocycles. The largest absolute Gasteiger partial charge is 0.491 e. The van der Waals surface area contributed by atoms with Crippen molar-refractivity contribution in [2.24, 2.45) is 5.41 Å². The molecule has 0 saturated carbocycles. The lowest BCUT2D eigenvalue weighted by molar-refractivity contribution is 0.240. The zero-order valence-electron chi connectivity index (χ0n) is 15.4. The first-order chi connectivity index (χ1) is 10.1. The van der Waals surface area contributed by atoms with E-state index in [-0.39, 0.29) is 23.4 Å². The summed E-state index contributed by atoms with van der Waals surface area (Å²) in [5.74, 6) is 1.30. The molecule has 1 N–H and O–H groups in total. The Morgan fingerprint density at radius 1 is 1.13 bits per heavy atom. The van der Waals surface area contributed by atoms with E-state index in [2.05, 4.69) is 39.9 Å². The molecule has 5 heteroatoms. The van der Waals surface area contributed by atoms with Crippen LogP contribution in [0.25, 0.3) is 0 Å². The lowest BCUT2D eigenvalue weighted by Gasteiger charge is -2.33. The molecular formula is C18H31Cl2NO2. The number of halogens is 2. The van der Waals surface area contributed by atoms with E-state index in [1.54, 1.807) is 7.11 Å². The lowest BCUT2D eigenvalue weighted by atomic mass is 9.82. The smallest absolute Gasteiger partial charge is 0.179 e. The van der Waals surface area contributed by atoms with Gasteiger partial charge in [-0.3, -0.25) is 0 Å². The predicted octanol–water partition coefficient (Wildman–Crippen LogP) is 5.47. The van der Waals surface area contributed by atoms with Crippen molar-refractivity contribution in [3.05, 3.63) is 22.7 Å². The molecule has 1 rings (SSSR count). The van der Waals surface area contributed by atoms with Gasteiger partial charge in [0.25, 0.3) is 0 Å². The van der Waals surface area contributed by atoms with Crippen LogP contribution in [0.3, 0.4) is 0 Å². The molecule has 0 aromatic heterocycles. The monoisotopic (exact) mass is 363 g/mol. The Kier molecular flexibility index (Phi) is 8.75. The van der Waals surface area contributed by atoms with Crippen molar-refractivity contribution in [2.45, 2.75) is 60.0 Å². The van der Waals surface area contributed by atoms with Gasteiger partial charge in [0.15, 0.2) is 11.5 Å². The highest BCUT2D eigenvalue weighted by Crippen LogP contribution is 2.36. The highest BCUT2D eigenvalue weighted by molar-refractivity contribution is 6.32. The first-order valence-electron chi connectivity index (χ1n) is 7.82. The van der Waals surface area contributed by atoms with Crippen LogP contribution in [0.2, 0.25) is 5.02 Å². The van der Waals surface area contributed by atoms with Crippen LogP contribution in [0.5, 0.6) is 11.5 Å². The van der Waals surface area contributed by atoms with Crippen LogP contribution >= 0.6 is 24.0 Å². The molecule has 0 amide bonds. The van der Waals surface area contributed by atoms with E-state index in [9.17, 15) is 0 Å². The van der Waals surface area contributed by atoms with Crippen molar-refractivity contribution >= 4 is 24.0 Å². The summed E-state index contributed by atoms with van der Waals surface area (Å²) in [7, 11) is 1.61. The summed E-state index contributed by atoms with van der Waals surface area (Å²) in [6.45, 7) is 14.5. The summed E-state index contributed by atoms with van der Waals surface area (Å²) in [5.41, 5.74) is 1.43. The van der Waals surface area contributed by atoms with E-state index in [4.69, 9.17) is 21.1 Å². The van der Waals surface area contributed by atoms with E-state index in [1.165, 1.54) is 0 Å². The van der Waals surface area contributed by atoms with Crippen LogP contribution in [-0.2, 0) is 6.54 Å². The van der Waals surface area contributed by atoms with Crippen molar-refractivity contribution < 1.29 is 9.47 Å². The van der Waals surface area contributed by atoms with Gasteiger partial charge in [-0.2, -0.15) is 0 Å². The number of rotatable bonds is 7. The minimum Gasteiger partial charge on any atom is -0.491 e. The first kappa shape index (κ1) is 22.4. The van der Waals surface area contributed by atoms with Gasteiger partial charge in [-0.1, -0.05) is 32.4 Å². The van der Waals surface area contributed by atoms with Crippen molar-refractivity contribution in [3.8, 4) is 11.5 Å². The molecule has 0 fully saturated rings. The fourth-order valence-corrected chi connectivity index (χ4v) is 3.22. The van der Waals surface area contributed by atoms with E-state index in [0.717, 1.165) is 18.5 Å². The molecule has 1 aromatic rings. The second kappa shape index (κ2) is 9.00. The molecule has 0 saturated heterocycles. The van der Waals surface area contributed by atoms with Crippen molar-refractivity contribution in [2.75, 3.05) is 13.7 Å². The van der Waals surface area contributed by atoms with Crippen LogP contribution in [0.15, 0.2) is 12.1 Å². The number of hydrogen-bond donors (Lipinski definition) is 1. The maximum atomic E-state index is 6.29. The van der Waals surface area contributed by atoms with Crippen LogP contribution in [0, 0.1) is 5.41 Å². The van der Waals surface area contributed by atoms with Gasteiger partial charge >= 0.3 is 0 Å². The number of methoxy groups -OCH3 is 1.